The Balaban J connectivity index is 2.46. The van der Waals surface area contributed by atoms with Crippen LogP contribution in [0.1, 0.15) is 40.0 Å². The summed E-state index contributed by atoms with van der Waals surface area (Å²) in [4.78, 5) is 34.4. The highest BCUT2D eigenvalue weighted by Crippen LogP contribution is 2.17. The lowest BCUT2D eigenvalue weighted by Gasteiger charge is -2.22. The Kier molecular flexibility index (Phi) is 5.35. The third-order valence-corrected chi connectivity index (χ3v) is 3.00. The van der Waals surface area contributed by atoms with Crippen molar-refractivity contribution < 1.29 is 19.1 Å². The van der Waals surface area contributed by atoms with Crippen LogP contribution in [0, 0.1) is 5.92 Å². The molecule has 0 spiro atoms. The van der Waals surface area contributed by atoms with Gasteiger partial charge in [-0.25, -0.2) is 4.79 Å². The van der Waals surface area contributed by atoms with E-state index >= 15 is 0 Å². The van der Waals surface area contributed by atoms with Crippen molar-refractivity contribution in [3.63, 3.8) is 0 Å². The number of carbonyl (C=O) groups excluding carboxylic acids is 3. The summed E-state index contributed by atoms with van der Waals surface area (Å²) in [6.45, 7) is 5.85. The summed E-state index contributed by atoms with van der Waals surface area (Å²) in [6, 6.07) is -0.821. The van der Waals surface area contributed by atoms with E-state index in [0.717, 1.165) is 6.42 Å². The zero-order valence-electron chi connectivity index (χ0n) is 12.2. The lowest BCUT2D eigenvalue weighted by molar-refractivity contribution is -0.123. The summed E-state index contributed by atoms with van der Waals surface area (Å²) in [7, 11) is 0. The van der Waals surface area contributed by atoms with Crippen LogP contribution in [-0.4, -0.2) is 36.1 Å². The molecule has 1 aliphatic rings. The molecule has 0 radical (unpaired) electrons. The average molecular weight is 285 g/mol. The number of primary amides is 1. The van der Waals surface area contributed by atoms with Gasteiger partial charge in [0, 0.05) is 12.5 Å². The van der Waals surface area contributed by atoms with Crippen molar-refractivity contribution in [2.45, 2.75) is 51.7 Å². The van der Waals surface area contributed by atoms with E-state index in [2.05, 4.69) is 10.6 Å². The number of hydrogen-bond donors (Lipinski definition) is 3. The second kappa shape index (κ2) is 6.58. The zero-order valence-corrected chi connectivity index (χ0v) is 12.2. The molecule has 0 aromatic rings. The van der Waals surface area contributed by atoms with Crippen molar-refractivity contribution in [1.82, 2.24) is 10.6 Å². The summed E-state index contributed by atoms with van der Waals surface area (Å²) in [5.41, 5.74) is 4.62. The summed E-state index contributed by atoms with van der Waals surface area (Å²) < 4.78 is 5.07. The molecule has 1 heterocycles. The van der Waals surface area contributed by atoms with Gasteiger partial charge in [0.25, 0.3) is 0 Å². The normalized spacial score (nSPS) is 20.1. The summed E-state index contributed by atoms with van der Waals surface area (Å²) in [6.07, 6.45) is 0.899. The fraction of sp³-hybridized carbons (Fsp3) is 0.769. The fourth-order valence-electron chi connectivity index (χ4n) is 2.02. The lowest BCUT2D eigenvalue weighted by atomic mass is 9.98. The van der Waals surface area contributed by atoms with Crippen LogP contribution in [0.15, 0.2) is 0 Å². The van der Waals surface area contributed by atoms with Crippen molar-refractivity contribution in [2.75, 3.05) is 6.54 Å². The van der Waals surface area contributed by atoms with Crippen LogP contribution >= 0.6 is 0 Å². The molecule has 1 aliphatic heterocycles. The first-order valence-electron chi connectivity index (χ1n) is 6.75. The van der Waals surface area contributed by atoms with Crippen LogP contribution in [-0.2, 0) is 14.3 Å². The van der Waals surface area contributed by atoms with Gasteiger partial charge in [-0.15, -0.1) is 0 Å². The van der Waals surface area contributed by atoms with E-state index in [9.17, 15) is 14.4 Å². The second-order valence-corrected chi connectivity index (χ2v) is 5.96. The molecule has 0 bridgehead atoms. The standard InChI is InChI=1S/C13H23N3O4/c1-13(2,3)20-12(19)16-9(10(14)17)5-4-8-6-7-15-11(8)18/h8-9H,4-7H2,1-3H3,(H2,14,17)(H,15,18)(H,16,19)/t8-,9+/m1/s1. The van der Waals surface area contributed by atoms with Crippen LogP contribution < -0.4 is 16.4 Å². The van der Waals surface area contributed by atoms with Gasteiger partial charge in [0.05, 0.1) is 0 Å². The smallest absolute Gasteiger partial charge is 0.408 e. The van der Waals surface area contributed by atoms with Gasteiger partial charge in [-0.1, -0.05) is 0 Å². The lowest BCUT2D eigenvalue weighted by Crippen LogP contribution is -2.46. The van der Waals surface area contributed by atoms with Gasteiger partial charge in [0.2, 0.25) is 11.8 Å². The maximum atomic E-state index is 11.6. The first-order chi connectivity index (χ1) is 9.19. The molecule has 0 unspecified atom stereocenters. The predicted molar refractivity (Wildman–Crippen MR) is 72.7 cm³/mol. The van der Waals surface area contributed by atoms with Gasteiger partial charge in [-0.05, 0) is 40.0 Å². The largest absolute Gasteiger partial charge is 0.444 e. The van der Waals surface area contributed by atoms with Crippen molar-refractivity contribution >= 4 is 17.9 Å². The number of rotatable bonds is 5. The minimum Gasteiger partial charge on any atom is -0.444 e. The van der Waals surface area contributed by atoms with Gasteiger partial charge >= 0.3 is 6.09 Å². The molecule has 1 saturated heterocycles. The Morgan fingerprint density at radius 3 is 2.60 bits per heavy atom. The molecular weight excluding hydrogens is 262 g/mol. The van der Waals surface area contributed by atoms with Crippen LogP contribution in [0.3, 0.4) is 0 Å². The Morgan fingerprint density at radius 1 is 1.50 bits per heavy atom. The zero-order chi connectivity index (χ0) is 15.3. The van der Waals surface area contributed by atoms with Gasteiger partial charge in [0.15, 0.2) is 0 Å². The number of nitrogens with two attached hydrogens (primary N) is 1. The Labute approximate surface area is 118 Å². The molecule has 0 aromatic carbocycles. The molecule has 2 atom stereocenters. The van der Waals surface area contributed by atoms with Crippen molar-refractivity contribution in [2.24, 2.45) is 11.7 Å². The topological polar surface area (TPSA) is 111 Å². The molecule has 1 rings (SSSR count). The molecule has 7 nitrogen and oxygen atoms in total. The molecule has 0 aromatic heterocycles. The molecule has 4 N–H and O–H groups in total. The minimum absolute atomic E-state index is 0.00881. The highest BCUT2D eigenvalue weighted by molar-refractivity contribution is 5.84. The van der Waals surface area contributed by atoms with Crippen LogP contribution in [0.25, 0.3) is 0 Å². The highest BCUT2D eigenvalue weighted by atomic mass is 16.6. The van der Waals surface area contributed by atoms with Gasteiger partial charge in [-0.2, -0.15) is 0 Å². The SMILES string of the molecule is CC(C)(C)OC(=O)N[C@@H](CC[C@@H]1CCNC1=O)C(N)=O. The predicted octanol–water partition coefficient (Wildman–Crippen LogP) is 0.281. The van der Waals surface area contributed by atoms with E-state index in [4.69, 9.17) is 10.5 Å². The Hall–Kier alpha value is -1.79. The van der Waals surface area contributed by atoms with Gasteiger partial charge in [-0.3, -0.25) is 9.59 Å². The van der Waals surface area contributed by atoms with E-state index in [1.807, 2.05) is 0 Å². The third kappa shape index (κ3) is 5.46. The summed E-state index contributed by atoms with van der Waals surface area (Å²) in [5.74, 6) is -0.753. The van der Waals surface area contributed by atoms with E-state index in [0.29, 0.717) is 19.4 Å². The molecule has 1 fully saturated rings. The number of ether oxygens (including phenoxy) is 1. The Bertz CT molecular complexity index is 390. The van der Waals surface area contributed by atoms with E-state index in [1.54, 1.807) is 20.8 Å². The maximum absolute atomic E-state index is 11.6. The van der Waals surface area contributed by atoms with Crippen LogP contribution in [0.4, 0.5) is 4.79 Å². The van der Waals surface area contributed by atoms with E-state index < -0.39 is 23.6 Å². The second-order valence-electron chi connectivity index (χ2n) is 5.96. The number of alkyl carbamates (subject to hydrolysis) is 1. The fourth-order valence-corrected chi connectivity index (χ4v) is 2.02. The summed E-state index contributed by atoms with van der Waals surface area (Å²) >= 11 is 0. The number of nitrogens with one attached hydrogen (secondary N) is 2. The van der Waals surface area contributed by atoms with Crippen molar-refractivity contribution in [3.05, 3.63) is 0 Å². The first kappa shape index (κ1) is 16.3. The average Bonchev–Trinajstić information content (AvgIpc) is 2.67. The Morgan fingerprint density at radius 2 is 2.15 bits per heavy atom. The highest BCUT2D eigenvalue weighted by Gasteiger charge is 2.27. The van der Waals surface area contributed by atoms with Crippen molar-refractivity contribution in [3.8, 4) is 0 Å². The molecule has 114 valence electrons. The van der Waals surface area contributed by atoms with Crippen molar-refractivity contribution in [1.29, 1.82) is 0 Å². The first-order valence-corrected chi connectivity index (χ1v) is 6.75. The third-order valence-electron chi connectivity index (χ3n) is 3.00. The molecule has 20 heavy (non-hydrogen) atoms. The summed E-state index contributed by atoms with van der Waals surface area (Å²) in [5, 5.41) is 5.17. The number of carbonyl (C=O) groups is 3. The monoisotopic (exact) mass is 285 g/mol. The van der Waals surface area contributed by atoms with E-state index in [1.165, 1.54) is 0 Å². The molecule has 3 amide bonds. The quantitative estimate of drug-likeness (QED) is 0.673. The molecule has 7 heteroatoms. The molecule has 0 saturated carbocycles. The number of hydrogen-bond acceptors (Lipinski definition) is 4. The minimum atomic E-state index is -0.821. The van der Waals surface area contributed by atoms with Gasteiger partial charge < -0.3 is 21.1 Å². The number of amides is 3. The van der Waals surface area contributed by atoms with Crippen LogP contribution in [0.5, 0.6) is 0 Å². The molecular formula is C13H23N3O4. The molecule has 0 aliphatic carbocycles. The van der Waals surface area contributed by atoms with Gasteiger partial charge in [0.1, 0.15) is 11.6 Å². The van der Waals surface area contributed by atoms with E-state index in [-0.39, 0.29) is 11.8 Å². The maximum Gasteiger partial charge on any atom is 0.408 e. The van der Waals surface area contributed by atoms with Crippen LogP contribution in [0.2, 0.25) is 0 Å².